The molecule has 1 atom stereocenters. The molecule has 1 unspecified atom stereocenters. The third-order valence-corrected chi connectivity index (χ3v) is 2.95. The van der Waals surface area contributed by atoms with Crippen LogP contribution in [0.2, 0.25) is 0 Å². The van der Waals surface area contributed by atoms with Gasteiger partial charge in [0, 0.05) is 18.9 Å². The average molecular weight is 291 g/mol. The molecular weight excluding hydrogens is 274 g/mol. The first-order chi connectivity index (χ1) is 9.85. The van der Waals surface area contributed by atoms with E-state index in [1.165, 1.54) is 6.92 Å². The lowest BCUT2D eigenvalue weighted by atomic mass is 10.0. The van der Waals surface area contributed by atoms with E-state index in [0.717, 1.165) is 5.65 Å². The van der Waals surface area contributed by atoms with Crippen LogP contribution in [0.25, 0.3) is 5.65 Å². The molecule has 0 aliphatic heterocycles. The molecule has 0 spiro atoms. The molecule has 2 aromatic rings. The molecule has 0 aliphatic rings. The number of hydrogen-bond donors (Lipinski definition) is 3. The SMILES string of the molecule is CC(O)(CNC(=O)Cc1cn2ccccc2n1)CC(=O)O. The van der Waals surface area contributed by atoms with Crippen molar-refractivity contribution in [2.24, 2.45) is 0 Å². The number of imidazole rings is 1. The molecule has 0 aromatic carbocycles. The quantitative estimate of drug-likeness (QED) is 0.706. The van der Waals surface area contributed by atoms with E-state index in [1.54, 1.807) is 6.20 Å². The van der Waals surface area contributed by atoms with Crippen LogP contribution in [0.4, 0.5) is 0 Å². The van der Waals surface area contributed by atoms with Gasteiger partial charge >= 0.3 is 5.97 Å². The number of aromatic nitrogens is 2. The number of fused-ring (bicyclic) bond motifs is 1. The van der Waals surface area contributed by atoms with Crippen molar-refractivity contribution in [1.82, 2.24) is 14.7 Å². The minimum atomic E-state index is -1.47. The summed E-state index contributed by atoms with van der Waals surface area (Å²) in [4.78, 5) is 26.7. The molecular formula is C14H17N3O4. The number of amides is 1. The van der Waals surface area contributed by atoms with Gasteiger partial charge in [-0.15, -0.1) is 0 Å². The van der Waals surface area contributed by atoms with Crippen molar-refractivity contribution >= 4 is 17.5 Å². The van der Waals surface area contributed by atoms with E-state index in [1.807, 2.05) is 28.8 Å². The van der Waals surface area contributed by atoms with Crippen LogP contribution in [-0.2, 0) is 16.0 Å². The van der Waals surface area contributed by atoms with Crippen molar-refractivity contribution < 1.29 is 19.8 Å². The first-order valence-corrected chi connectivity index (χ1v) is 6.49. The van der Waals surface area contributed by atoms with Gasteiger partial charge in [-0.3, -0.25) is 9.59 Å². The number of hydrogen-bond acceptors (Lipinski definition) is 4. The summed E-state index contributed by atoms with van der Waals surface area (Å²) in [5.74, 6) is -1.43. The fraction of sp³-hybridized carbons (Fsp3) is 0.357. The summed E-state index contributed by atoms with van der Waals surface area (Å²) in [6.07, 6.45) is 3.23. The van der Waals surface area contributed by atoms with Crippen LogP contribution in [0.15, 0.2) is 30.6 Å². The van der Waals surface area contributed by atoms with Gasteiger partial charge < -0.3 is 19.9 Å². The number of nitrogens with one attached hydrogen (secondary N) is 1. The number of aliphatic carboxylic acids is 1. The van der Waals surface area contributed by atoms with Gasteiger partial charge in [0.1, 0.15) is 5.65 Å². The Hall–Kier alpha value is -2.41. The molecule has 0 saturated heterocycles. The summed E-state index contributed by atoms with van der Waals surface area (Å²) in [5, 5.41) is 21.0. The van der Waals surface area contributed by atoms with Gasteiger partial charge in [0.05, 0.1) is 24.1 Å². The number of nitrogens with zero attached hydrogens (tertiary/aromatic N) is 2. The molecule has 0 aliphatic carbocycles. The average Bonchev–Trinajstić information content (AvgIpc) is 2.77. The first kappa shape index (κ1) is 15.0. The summed E-state index contributed by atoms with van der Waals surface area (Å²) in [5.41, 5.74) is -0.116. The molecule has 2 heterocycles. The molecule has 0 radical (unpaired) electrons. The van der Waals surface area contributed by atoms with E-state index in [0.29, 0.717) is 5.69 Å². The molecule has 1 amide bonds. The molecule has 0 bridgehead atoms. The van der Waals surface area contributed by atoms with Crippen molar-refractivity contribution in [2.75, 3.05) is 6.54 Å². The van der Waals surface area contributed by atoms with E-state index in [4.69, 9.17) is 5.11 Å². The smallest absolute Gasteiger partial charge is 0.306 e. The van der Waals surface area contributed by atoms with Crippen LogP contribution in [0, 0.1) is 0 Å². The Morgan fingerprint density at radius 3 is 2.86 bits per heavy atom. The van der Waals surface area contributed by atoms with Gasteiger partial charge in [-0.2, -0.15) is 0 Å². The highest BCUT2D eigenvalue weighted by molar-refractivity contribution is 5.78. The number of carbonyl (C=O) groups excluding carboxylic acids is 1. The van der Waals surface area contributed by atoms with Gasteiger partial charge in [0.15, 0.2) is 0 Å². The van der Waals surface area contributed by atoms with E-state index >= 15 is 0 Å². The predicted octanol–water partition coefficient (Wildman–Crippen LogP) is 0.219. The second kappa shape index (κ2) is 5.92. The summed E-state index contributed by atoms with van der Waals surface area (Å²) in [6.45, 7) is 1.25. The fourth-order valence-electron chi connectivity index (χ4n) is 1.98. The molecule has 112 valence electrons. The van der Waals surface area contributed by atoms with E-state index in [9.17, 15) is 14.7 Å². The molecule has 21 heavy (non-hydrogen) atoms. The van der Waals surface area contributed by atoms with Crippen LogP contribution < -0.4 is 5.32 Å². The topological polar surface area (TPSA) is 104 Å². The maximum atomic E-state index is 11.8. The summed E-state index contributed by atoms with van der Waals surface area (Å²) < 4.78 is 1.81. The Bertz CT molecular complexity index is 630. The summed E-state index contributed by atoms with van der Waals surface area (Å²) >= 11 is 0. The predicted molar refractivity (Wildman–Crippen MR) is 74.8 cm³/mol. The second-order valence-corrected chi connectivity index (χ2v) is 5.22. The van der Waals surface area contributed by atoms with E-state index < -0.39 is 18.0 Å². The molecule has 7 nitrogen and oxygen atoms in total. The fourth-order valence-corrected chi connectivity index (χ4v) is 1.98. The molecule has 2 aromatic heterocycles. The van der Waals surface area contributed by atoms with Crippen molar-refractivity contribution in [3.05, 3.63) is 36.3 Å². The molecule has 3 N–H and O–H groups in total. The van der Waals surface area contributed by atoms with Gasteiger partial charge in [0.25, 0.3) is 0 Å². The Kier molecular flexibility index (Phi) is 4.23. The number of aliphatic hydroxyl groups is 1. The van der Waals surface area contributed by atoms with Crippen molar-refractivity contribution in [1.29, 1.82) is 0 Å². The molecule has 0 fully saturated rings. The number of rotatable bonds is 6. The second-order valence-electron chi connectivity index (χ2n) is 5.22. The standard InChI is InChI=1S/C14H17N3O4/c1-14(21,7-13(19)20)9-15-12(18)6-10-8-17-5-3-2-4-11(17)16-10/h2-5,8,21H,6-7,9H2,1H3,(H,15,18)(H,19,20). The van der Waals surface area contributed by atoms with Gasteiger partial charge in [-0.25, -0.2) is 4.98 Å². The minimum absolute atomic E-state index is 0.0742. The lowest BCUT2D eigenvalue weighted by molar-refractivity contribution is -0.142. The number of pyridine rings is 1. The Labute approximate surface area is 121 Å². The zero-order valence-corrected chi connectivity index (χ0v) is 11.6. The Morgan fingerprint density at radius 1 is 1.43 bits per heavy atom. The Balaban J connectivity index is 1.91. The largest absolute Gasteiger partial charge is 0.481 e. The van der Waals surface area contributed by atoms with Crippen LogP contribution in [-0.4, -0.2) is 43.6 Å². The van der Waals surface area contributed by atoms with E-state index in [2.05, 4.69) is 10.3 Å². The highest BCUT2D eigenvalue weighted by Crippen LogP contribution is 2.08. The van der Waals surface area contributed by atoms with Crippen LogP contribution >= 0.6 is 0 Å². The van der Waals surface area contributed by atoms with Gasteiger partial charge in [0.2, 0.25) is 5.91 Å². The minimum Gasteiger partial charge on any atom is -0.481 e. The maximum absolute atomic E-state index is 11.8. The lowest BCUT2D eigenvalue weighted by Gasteiger charge is -2.21. The third kappa shape index (κ3) is 4.28. The van der Waals surface area contributed by atoms with Crippen molar-refractivity contribution in [3.63, 3.8) is 0 Å². The highest BCUT2D eigenvalue weighted by Gasteiger charge is 2.24. The summed E-state index contributed by atoms with van der Waals surface area (Å²) in [6, 6.07) is 5.55. The normalized spacial score (nSPS) is 13.8. The molecule has 7 heteroatoms. The number of carboxylic acids is 1. The van der Waals surface area contributed by atoms with E-state index in [-0.39, 0.29) is 18.9 Å². The number of carboxylic acid groups (broad SMARTS) is 1. The van der Waals surface area contributed by atoms with Crippen molar-refractivity contribution in [3.8, 4) is 0 Å². The molecule has 2 rings (SSSR count). The zero-order valence-electron chi connectivity index (χ0n) is 11.6. The lowest BCUT2D eigenvalue weighted by Crippen LogP contribution is -2.42. The van der Waals surface area contributed by atoms with Crippen LogP contribution in [0.1, 0.15) is 19.0 Å². The van der Waals surface area contributed by atoms with Gasteiger partial charge in [-0.1, -0.05) is 6.07 Å². The van der Waals surface area contributed by atoms with Crippen molar-refractivity contribution in [2.45, 2.75) is 25.4 Å². The maximum Gasteiger partial charge on any atom is 0.306 e. The molecule has 0 saturated carbocycles. The first-order valence-electron chi connectivity index (χ1n) is 6.49. The summed E-state index contributed by atoms with van der Waals surface area (Å²) in [7, 11) is 0. The van der Waals surface area contributed by atoms with Crippen LogP contribution in [0.3, 0.4) is 0 Å². The zero-order chi connectivity index (χ0) is 15.5. The number of carbonyl (C=O) groups is 2. The Morgan fingerprint density at radius 2 is 2.19 bits per heavy atom. The monoisotopic (exact) mass is 291 g/mol. The third-order valence-electron chi connectivity index (χ3n) is 2.95. The highest BCUT2D eigenvalue weighted by atomic mass is 16.4. The van der Waals surface area contributed by atoms with Gasteiger partial charge in [-0.05, 0) is 19.1 Å². The van der Waals surface area contributed by atoms with Crippen LogP contribution in [0.5, 0.6) is 0 Å².